The van der Waals surface area contributed by atoms with Gasteiger partial charge in [0, 0.05) is 54.3 Å². The number of alkyl carbamates (subject to hydrolysis) is 1. The van der Waals surface area contributed by atoms with E-state index in [1.165, 1.54) is 4.88 Å². The highest BCUT2D eigenvalue weighted by atomic mass is 32.2. The smallest absolute Gasteiger partial charge is 0.407 e. The van der Waals surface area contributed by atoms with E-state index in [0.29, 0.717) is 12.5 Å². The second-order valence-electron chi connectivity index (χ2n) is 11.4. The zero-order valence-corrected chi connectivity index (χ0v) is 26.7. The van der Waals surface area contributed by atoms with E-state index in [4.69, 9.17) is 4.74 Å². The van der Waals surface area contributed by atoms with Gasteiger partial charge in [0.25, 0.3) is 5.56 Å². The number of hydrogen-bond donors (Lipinski definition) is 1. The zero-order chi connectivity index (χ0) is 29.4. The minimum atomic E-state index is -0.929. The first-order chi connectivity index (χ1) is 18.9. The molecule has 7 nitrogen and oxygen atoms in total. The Morgan fingerprint density at radius 2 is 1.88 bits per heavy atom. The molecule has 220 valence electrons. The maximum atomic E-state index is 13.0. The van der Waals surface area contributed by atoms with Crippen LogP contribution in [0.4, 0.5) is 4.79 Å². The molecule has 1 amide bonds. The van der Waals surface area contributed by atoms with Crippen LogP contribution in [0.5, 0.6) is 0 Å². The lowest BCUT2D eigenvalue weighted by Gasteiger charge is -2.20. The van der Waals surface area contributed by atoms with Gasteiger partial charge in [-0.05, 0) is 69.6 Å². The van der Waals surface area contributed by atoms with Gasteiger partial charge in [0.05, 0.1) is 16.4 Å². The third-order valence-corrected chi connectivity index (χ3v) is 9.21. The number of rotatable bonds is 13. The molecule has 2 atom stereocenters. The van der Waals surface area contributed by atoms with Gasteiger partial charge >= 0.3 is 6.09 Å². The molecule has 9 heteroatoms. The number of nitrogens with one attached hydrogen (secondary N) is 1. The van der Waals surface area contributed by atoms with Crippen molar-refractivity contribution in [1.29, 1.82) is 0 Å². The van der Waals surface area contributed by atoms with Gasteiger partial charge in [0.15, 0.2) is 0 Å². The Morgan fingerprint density at radius 1 is 1.18 bits per heavy atom. The van der Waals surface area contributed by atoms with Crippen LogP contribution in [0.3, 0.4) is 0 Å². The highest BCUT2D eigenvalue weighted by Crippen LogP contribution is 2.35. The number of aromatic nitrogens is 1. The number of ether oxygens (including phenoxy) is 1. The number of benzene rings is 1. The first kappa shape index (κ1) is 32.0. The lowest BCUT2D eigenvalue weighted by molar-refractivity contribution is 0.0523. The Kier molecular flexibility index (Phi) is 11.5. The molecule has 40 heavy (non-hydrogen) atoms. The molecule has 0 aliphatic rings. The van der Waals surface area contributed by atoms with E-state index in [2.05, 4.69) is 29.5 Å². The normalized spacial score (nSPS) is 13.5. The van der Waals surface area contributed by atoms with Crippen molar-refractivity contribution in [2.45, 2.75) is 78.9 Å². The first-order valence-electron chi connectivity index (χ1n) is 14.2. The SMILES string of the molecule is CCCN(CCCC(CC)Cc1cc2c(=O)n(C)cc(-c3ccc(CNC(=O)OC(C)(C)C)cc3)c2s1)S(C)=O. The molecule has 0 saturated heterocycles. The minimum Gasteiger partial charge on any atom is -0.444 e. The van der Waals surface area contributed by atoms with Gasteiger partial charge < -0.3 is 14.6 Å². The molecule has 3 aromatic rings. The predicted octanol–water partition coefficient (Wildman–Crippen LogP) is 6.65. The molecule has 0 aliphatic carbocycles. The van der Waals surface area contributed by atoms with Crippen molar-refractivity contribution in [3.05, 3.63) is 57.3 Å². The number of amides is 1. The summed E-state index contributed by atoms with van der Waals surface area (Å²) in [6, 6.07) is 10.2. The largest absolute Gasteiger partial charge is 0.444 e. The molecule has 0 spiro atoms. The van der Waals surface area contributed by atoms with Crippen LogP contribution >= 0.6 is 11.3 Å². The molecule has 0 radical (unpaired) electrons. The molecule has 1 N–H and O–H groups in total. The average Bonchev–Trinajstić information content (AvgIpc) is 3.31. The Bertz CT molecular complexity index is 1360. The molecular formula is C31H45N3O4S2. The average molecular weight is 588 g/mol. The second kappa shape index (κ2) is 14.4. The number of aryl methyl sites for hydroxylation is 1. The fourth-order valence-electron chi connectivity index (χ4n) is 4.81. The van der Waals surface area contributed by atoms with Crippen LogP contribution in [0, 0.1) is 5.92 Å². The molecule has 0 saturated carbocycles. The summed E-state index contributed by atoms with van der Waals surface area (Å²) in [7, 11) is 0.873. The maximum Gasteiger partial charge on any atom is 0.407 e. The van der Waals surface area contributed by atoms with Gasteiger partial charge in [-0.25, -0.2) is 13.3 Å². The van der Waals surface area contributed by atoms with Gasteiger partial charge in [0.2, 0.25) is 0 Å². The van der Waals surface area contributed by atoms with E-state index in [9.17, 15) is 13.8 Å². The summed E-state index contributed by atoms with van der Waals surface area (Å²) in [5.41, 5.74) is 2.52. The summed E-state index contributed by atoms with van der Waals surface area (Å²) in [5, 5.41) is 3.56. The number of nitrogens with zero attached hydrogens (tertiary/aromatic N) is 2. The van der Waals surface area contributed by atoms with E-state index in [0.717, 1.165) is 72.0 Å². The summed E-state index contributed by atoms with van der Waals surface area (Å²) in [6.45, 7) is 12.0. The summed E-state index contributed by atoms with van der Waals surface area (Å²) in [4.78, 5) is 26.3. The summed E-state index contributed by atoms with van der Waals surface area (Å²) >= 11 is 1.72. The van der Waals surface area contributed by atoms with Gasteiger partial charge in [-0.1, -0.05) is 44.5 Å². The number of fused-ring (bicyclic) bond motifs is 1. The van der Waals surface area contributed by atoms with Crippen molar-refractivity contribution in [3.8, 4) is 11.1 Å². The Hall–Kier alpha value is -2.49. The first-order valence-corrected chi connectivity index (χ1v) is 16.5. The van der Waals surface area contributed by atoms with E-state index < -0.39 is 22.7 Å². The van der Waals surface area contributed by atoms with Crippen molar-refractivity contribution in [2.75, 3.05) is 19.3 Å². The topological polar surface area (TPSA) is 80.6 Å². The van der Waals surface area contributed by atoms with Crippen LogP contribution in [-0.2, 0) is 35.7 Å². The summed E-state index contributed by atoms with van der Waals surface area (Å²) < 4.78 is 22.0. The number of hydrogen-bond acceptors (Lipinski definition) is 5. The molecule has 3 rings (SSSR count). The number of pyridine rings is 1. The predicted molar refractivity (Wildman–Crippen MR) is 168 cm³/mol. The standard InChI is InChI=1S/C31H45N3O4S2/c1-8-16-34(40(7)37)17-10-11-22(9-2)18-25-19-26-28(39-25)27(21-33(6)29(26)35)24-14-12-23(13-15-24)20-32-30(36)38-31(3,4)5/h12-15,19,21-22H,8-11,16-18,20H2,1-7H3,(H,32,36). The molecule has 2 unspecified atom stereocenters. The second-order valence-corrected chi connectivity index (χ2v) is 13.9. The molecule has 2 heterocycles. The highest BCUT2D eigenvalue weighted by molar-refractivity contribution is 7.81. The lowest BCUT2D eigenvalue weighted by atomic mass is 9.95. The fourth-order valence-corrected chi connectivity index (χ4v) is 6.93. The Labute approximate surface area is 245 Å². The third kappa shape index (κ3) is 9.01. The van der Waals surface area contributed by atoms with E-state index in [1.54, 1.807) is 29.2 Å². The Balaban J connectivity index is 1.75. The summed E-state index contributed by atoms with van der Waals surface area (Å²) in [5.74, 6) is 0.519. The molecule has 2 aromatic heterocycles. The van der Waals surface area contributed by atoms with E-state index in [1.807, 2.05) is 51.2 Å². The van der Waals surface area contributed by atoms with Crippen LogP contribution in [-0.4, -0.2) is 44.1 Å². The quantitative estimate of drug-likeness (QED) is 0.243. The monoisotopic (exact) mass is 587 g/mol. The lowest BCUT2D eigenvalue weighted by Crippen LogP contribution is -2.32. The van der Waals surface area contributed by atoms with Crippen molar-refractivity contribution in [2.24, 2.45) is 13.0 Å². The van der Waals surface area contributed by atoms with Crippen LogP contribution in [0.1, 0.15) is 70.7 Å². The molecule has 0 aliphatic heterocycles. The van der Waals surface area contributed by atoms with Crippen LogP contribution in [0.2, 0.25) is 0 Å². The fraction of sp³-hybridized carbons (Fsp3) is 0.548. The molecule has 0 bridgehead atoms. The van der Waals surface area contributed by atoms with Crippen molar-refractivity contribution >= 4 is 38.5 Å². The number of thiophene rings is 1. The van der Waals surface area contributed by atoms with Crippen LogP contribution in [0.25, 0.3) is 21.2 Å². The highest BCUT2D eigenvalue weighted by Gasteiger charge is 2.18. The molecule has 0 fully saturated rings. The van der Waals surface area contributed by atoms with Crippen molar-refractivity contribution in [1.82, 2.24) is 14.2 Å². The van der Waals surface area contributed by atoms with Crippen LogP contribution in [0.15, 0.2) is 41.3 Å². The number of carbonyl (C=O) groups excluding carboxylic acids is 1. The van der Waals surface area contributed by atoms with Gasteiger partial charge in [-0.2, -0.15) is 0 Å². The zero-order valence-electron chi connectivity index (χ0n) is 25.0. The molecular weight excluding hydrogens is 542 g/mol. The maximum absolute atomic E-state index is 13.0. The van der Waals surface area contributed by atoms with E-state index >= 15 is 0 Å². The minimum absolute atomic E-state index is 0.0214. The Morgan fingerprint density at radius 3 is 2.48 bits per heavy atom. The van der Waals surface area contributed by atoms with E-state index in [-0.39, 0.29) is 5.56 Å². The van der Waals surface area contributed by atoms with Gasteiger partial charge in [-0.3, -0.25) is 4.79 Å². The van der Waals surface area contributed by atoms with Crippen molar-refractivity contribution < 1.29 is 13.7 Å². The number of carbonyl (C=O) groups is 1. The summed E-state index contributed by atoms with van der Waals surface area (Å²) in [6.07, 6.45) is 8.35. The third-order valence-electron chi connectivity index (χ3n) is 6.93. The van der Waals surface area contributed by atoms with Gasteiger partial charge in [0.1, 0.15) is 5.60 Å². The van der Waals surface area contributed by atoms with Crippen LogP contribution < -0.4 is 10.9 Å². The van der Waals surface area contributed by atoms with Gasteiger partial charge in [-0.15, -0.1) is 11.3 Å². The molecule has 1 aromatic carbocycles. The van der Waals surface area contributed by atoms with Crippen molar-refractivity contribution in [3.63, 3.8) is 0 Å².